The first kappa shape index (κ1) is 18.5. The molecule has 142 valence electrons. The van der Waals surface area contributed by atoms with Gasteiger partial charge >= 0.3 is 0 Å². The van der Waals surface area contributed by atoms with E-state index in [0.717, 1.165) is 18.5 Å². The lowest BCUT2D eigenvalue weighted by Crippen LogP contribution is -2.51. The van der Waals surface area contributed by atoms with E-state index in [-0.39, 0.29) is 18.1 Å². The number of carbonyl (C=O) groups excluding carboxylic acids is 1. The summed E-state index contributed by atoms with van der Waals surface area (Å²) in [4.78, 5) is 20.9. The number of ether oxygens (including phenoxy) is 1. The van der Waals surface area contributed by atoms with Crippen LogP contribution in [0.3, 0.4) is 0 Å². The Balaban J connectivity index is 1.70. The van der Waals surface area contributed by atoms with Crippen LogP contribution in [0, 0.1) is 0 Å². The minimum absolute atomic E-state index is 0.0674. The summed E-state index contributed by atoms with van der Waals surface area (Å²) in [7, 11) is 5.92. The highest BCUT2D eigenvalue weighted by molar-refractivity contribution is 5.77. The van der Waals surface area contributed by atoms with Gasteiger partial charge in [-0.3, -0.25) is 14.2 Å². The largest absolute Gasteiger partial charge is 0.373 e. The number of aryl methyl sites for hydroxylation is 2. The number of morpholine rings is 1. The average Bonchev–Trinajstić information content (AvgIpc) is 3.25. The molecule has 3 rings (SSSR count). The number of nitrogens with zero attached hydrogens (tertiary/aromatic N) is 7. The second kappa shape index (κ2) is 8.41. The summed E-state index contributed by atoms with van der Waals surface area (Å²) in [6.45, 7) is 2.60. The number of aromatic nitrogens is 5. The number of likely N-dealkylation sites (N-methyl/N-ethyl adjacent to an activating group) is 1. The third-order valence-electron chi connectivity index (χ3n) is 4.53. The van der Waals surface area contributed by atoms with Crippen molar-refractivity contribution in [3.05, 3.63) is 30.6 Å². The van der Waals surface area contributed by atoms with E-state index in [9.17, 15) is 4.79 Å². The molecule has 0 saturated carbocycles. The highest BCUT2D eigenvalue weighted by Gasteiger charge is 2.37. The van der Waals surface area contributed by atoms with Gasteiger partial charge in [0, 0.05) is 44.9 Å². The smallest absolute Gasteiger partial charge is 0.223 e. The predicted octanol–water partition coefficient (Wildman–Crippen LogP) is 0.322. The van der Waals surface area contributed by atoms with Gasteiger partial charge in [-0.15, -0.1) is 0 Å². The van der Waals surface area contributed by atoms with Gasteiger partial charge in [-0.25, -0.2) is 4.98 Å². The molecule has 0 unspecified atom stereocenters. The maximum atomic E-state index is 12.9. The Hall–Kier alpha value is -2.26. The zero-order valence-corrected chi connectivity index (χ0v) is 15.7. The van der Waals surface area contributed by atoms with Crippen LogP contribution in [0.5, 0.6) is 0 Å². The molecule has 0 spiro atoms. The van der Waals surface area contributed by atoms with E-state index in [1.54, 1.807) is 15.7 Å². The van der Waals surface area contributed by atoms with Gasteiger partial charge in [0.25, 0.3) is 0 Å². The summed E-state index contributed by atoms with van der Waals surface area (Å²) in [6.07, 6.45) is 8.12. The molecule has 0 aromatic carbocycles. The summed E-state index contributed by atoms with van der Waals surface area (Å²) < 4.78 is 9.53. The van der Waals surface area contributed by atoms with Crippen molar-refractivity contribution in [3.8, 4) is 0 Å². The van der Waals surface area contributed by atoms with Crippen molar-refractivity contribution in [2.75, 3.05) is 33.8 Å². The predicted molar refractivity (Wildman–Crippen MR) is 95.2 cm³/mol. The Bertz CT molecular complexity index is 698. The van der Waals surface area contributed by atoms with Gasteiger partial charge in [-0.1, -0.05) is 0 Å². The van der Waals surface area contributed by atoms with Crippen LogP contribution >= 0.6 is 0 Å². The molecule has 1 fully saturated rings. The van der Waals surface area contributed by atoms with Crippen molar-refractivity contribution in [2.24, 2.45) is 7.05 Å². The Morgan fingerprint density at radius 3 is 2.88 bits per heavy atom. The van der Waals surface area contributed by atoms with Crippen LogP contribution in [-0.2, 0) is 23.1 Å². The second-order valence-corrected chi connectivity index (χ2v) is 6.91. The second-order valence-electron chi connectivity index (χ2n) is 6.91. The van der Waals surface area contributed by atoms with Crippen LogP contribution in [0.2, 0.25) is 0 Å². The first-order valence-electron chi connectivity index (χ1n) is 8.91. The molecular formula is C17H27N7O2. The number of rotatable bonds is 7. The standard InChI is InChI=1S/C17H27N7O2/c1-21(2)11-15-17(14-9-19-22(3)10-14)24(7-8-26-15)16(25)5-4-6-23-13-18-12-20-23/h9-10,12-13,15,17H,4-8,11H2,1-3H3/t15-,17-/m0/s1. The Kier molecular flexibility index (Phi) is 6.00. The Morgan fingerprint density at radius 1 is 1.38 bits per heavy atom. The molecule has 2 atom stereocenters. The van der Waals surface area contributed by atoms with Crippen molar-refractivity contribution in [3.63, 3.8) is 0 Å². The number of hydrogen-bond acceptors (Lipinski definition) is 6. The number of amides is 1. The molecule has 1 saturated heterocycles. The Labute approximate surface area is 153 Å². The molecule has 2 aromatic rings. The summed E-state index contributed by atoms with van der Waals surface area (Å²) in [5, 5.41) is 8.37. The minimum Gasteiger partial charge on any atom is -0.373 e. The fourth-order valence-electron chi connectivity index (χ4n) is 3.40. The van der Waals surface area contributed by atoms with Crippen molar-refractivity contribution in [1.82, 2.24) is 34.3 Å². The molecule has 0 radical (unpaired) electrons. The monoisotopic (exact) mass is 361 g/mol. The summed E-state index contributed by atoms with van der Waals surface area (Å²) in [5.41, 5.74) is 1.02. The third kappa shape index (κ3) is 4.47. The van der Waals surface area contributed by atoms with E-state index >= 15 is 0 Å². The van der Waals surface area contributed by atoms with Crippen molar-refractivity contribution < 1.29 is 9.53 Å². The topological polar surface area (TPSA) is 81.3 Å². The zero-order valence-electron chi connectivity index (χ0n) is 15.7. The van der Waals surface area contributed by atoms with E-state index < -0.39 is 0 Å². The van der Waals surface area contributed by atoms with Gasteiger partial charge in [0.1, 0.15) is 12.7 Å². The molecule has 0 N–H and O–H groups in total. The third-order valence-corrected chi connectivity index (χ3v) is 4.53. The average molecular weight is 361 g/mol. The van der Waals surface area contributed by atoms with Crippen LogP contribution in [0.4, 0.5) is 0 Å². The molecule has 1 aliphatic heterocycles. The van der Waals surface area contributed by atoms with Crippen molar-refractivity contribution >= 4 is 5.91 Å². The van der Waals surface area contributed by atoms with E-state index in [2.05, 4.69) is 20.1 Å². The maximum Gasteiger partial charge on any atom is 0.223 e. The fraction of sp³-hybridized carbons (Fsp3) is 0.647. The van der Waals surface area contributed by atoms with Crippen LogP contribution in [0.25, 0.3) is 0 Å². The molecule has 2 aromatic heterocycles. The van der Waals surface area contributed by atoms with Gasteiger partial charge in [0.2, 0.25) is 5.91 Å². The molecule has 1 aliphatic rings. The van der Waals surface area contributed by atoms with Gasteiger partial charge in [0.15, 0.2) is 0 Å². The van der Waals surface area contributed by atoms with E-state index in [1.807, 2.05) is 38.4 Å². The van der Waals surface area contributed by atoms with Gasteiger partial charge in [-0.2, -0.15) is 10.2 Å². The molecule has 26 heavy (non-hydrogen) atoms. The lowest BCUT2D eigenvalue weighted by atomic mass is 9.99. The van der Waals surface area contributed by atoms with E-state index in [0.29, 0.717) is 26.1 Å². The molecule has 9 heteroatoms. The van der Waals surface area contributed by atoms with Gasteiger partial charge in [-0.05, 0) is 20.5 Å². The highest BCUT2D eigenvalue weighted by atomic mass is 16.5. The molecule has 0 bridgehead atoms. The first-order valence-corrected chi connectivity index (χ1v) is 8.91. The van der Waals surface area contributed by atoms with E-state index in [4.69, 9.17) is 4.74 Å². The van der Waals surface area contributed by atoms with Crippen molar-refractivity contribution in [2.45, 2.75) is 31.5 Å². The molecular weight excluding hydrogens is 334 g/mol. The van der Waals surface area contributed by atoms with Crippen LogP contribution in [0.1, 0.15) is 24.4 Å². The molecule has 3 heterocycles. The van der Waals surface area contributed by atoms with Crippen LogP contribution in [-0.4, -0.2) is 80.1 Å². The van der Waals surface area contributed by atoms with Crippen molar-refractivity contribution in [1.29, 1.82) is 0 Å². The fourth-order valence-corrected chi connectivity index (χ4v) is 3.40. The van der Waals surface area contributed by atoms with Gasteiger partial charge in [0.05, 0.1) is 24.9 Å². The minimum atomic E-state index is -0.112. The van der Waals surface area contributed by atoms with Crippen LogP contribution in [0.15, 0.2) is 25.0 Å². The van der Waals surface area contributed by atoms with E-state index in [1.165, 1.54) is 6.33 Å². The molecule has 1 amide bonds. The molecule has 9 nitrogen and oxygen atoms in total. The van der Waals surface area contributed by atoms with Crippen LogP contribution < -0.4 is 0 Å². The summed E-state index contributed by atoms with van der Waals surface area (Å²) >= 11 is 0. The molecule has 0 aliphatic carbocycles. The number of carbonyl (C=O) groups is 1. The first-order chi connectivity index (χ1) is 12.5. The lowest BCUT2D eigenvalue weighted by molar-refractivity contribution is -0.148. The number of hydrogen-bond donors (Lipinski definition) is 0. The van der Waals surface area contributed by atoms with Gasteiger partial charge < -0.3 is 14.5 Å². The lowest BCUT2D eigenvalue weighted by Gasteiger charge is -2.42. The summed E-state index contributed by atoms with van der Waals surface area (Å²) in [6, 6.07) is -0.112. The SMILES string of the molecule is CN(C)C[C@@H]1OCCN(C(=O)CCCn2cncn2)[C@H]1c1cnn(C)c1. The maximum absolute atomic E-state index is 12.9. The highest BCUT2D eigenvalue weighted by Crippen LogP contribution is 2.30. The Morgan fingerprint density at radius 2 is 2.23 bits per heavy atom. The summed E-state index contributed by atoms with van der Waals surface area (Å²) in [5.74, 6) is 0.144. The quantitative estimate of drug-likeness (QED) is 0.707. The zero-order chi connectivity index (χ0) is 18.5. The normalized spacial score (nSPS) is 20.7.